The minimum atomic E-state index is 0.943. The second-order valence-corrected chi connectivity index (χ2v) is 4.91. The highest BCUT2D eigenvalue weighted by Crippen LogP contribution is 2.31. The first-order valence-corrected chi connectivity index (χ1v) is 6.25. The van der Waals surface area contributed by atoms with Crippen LogP contribution in [0.4, 0.5) is 0 Å². The van der Waals surface area contributed by atoms with Gasteiger partial charge in [-0.25, -0.2) is 0 Å². The van der Waals surface area contributed by atoms with Gasteiger partial charge in [0.1, 0.15) is 5.75 Å². The summed E-state index contributed by atoms with van der Waals surface area (Å²) in [5, 5.41) is 0. The second-order valence-electron chi connectivity index (χ2n) is 4.91. The molecule has 0 aromatic heterocycles. The minimum absolute atomic E-state index is 0.943. The van der Waals surface area contributed by atoms with Crippen LogP contribution in [0.1, 0.15) is 22.3 Å². The predicted octanol–water partition coefficient (Wildman–Crippen LogP) is 4.28. The molecule has 1 aliphatic rings. The van der Waals surface area contributed by atoms with Crippen LogP contribution in [-0.2, 0) is 6.42 Å². The summed E-state index contributed by atoms with van der Waals surface area (Å²) in [6.07, 6.45) is 2.82. The van der Waals surface area contributed by atoms with Gasteiger partial charge >= 0.3 is 0 Å². The molecule has 3 rings (SSSR count). The standard InChI is InChI=1S/C17H16O/c1-12-3-6-14(7-4-12)16-10-15-8-5-13(2)9-17(15)18-11-16/h3-9,11H,10H2,1-2H3. The molecular weight excluding hydrogens is 220 g/mol. The zero-order valence-corrected chi connectivity index (χ0v) is 10.7. The van der Waals surface area contributed by atoms with Crippen molar-refractivity contribution >= 4 is 5.57 Å². The molecule has 2 aromatic carbocycles. The van der Waals surface area contributed by atoms with E-state index in [0.29, 0.717) is 0 Å². The quantitative estimate of drug-likeness (QED) is 0.718. The summed E-state index contributed by atoms with van der Waals surface area (Å²) >= 11 is 0. The summed E-state index contributed by atoms with van der Waals surface area (Å²) in [5.74, 6) is 0.992. The zero-order chi connectivity index (χ0) is 12.5. The second kappa shape index (κ2) is 4.34. The molecule has 0 bridgehead atoms. The summed E-state index contributed by atoms with van der Waals surface area (Å²) in [6, 6.07) is 15.0. The fraction of sp³-hybridized carbons (Fsp3) is 0.176. The Morgan fingerprint density at radius 3 is 2.39 bits per heavy atom. The first kappa shape index (κ1) is 11.1. The number of aryl methyl sites for hydroxylation is 2. The Kier molecular flexibility index (Phi) is 2.67. The highest BCUT2D eigenvalue weighted by Gasteiger charge is 2.13. The Balaban J connectivity index is 1.92. The number of hydrogen-bond donors (Lipinski definition) is 0. The van der Waals surface area contributed by atoms with Crippen LogP contribution in [-0.4, -0.2) is 0 Å². The van der Waals surface area contributed by atoms with Crippen molar-refractivity contribution in [2.75, 3.05) is 0 Å². The highest BCUT2D eigenvalue weighted by atomic mass is 16.5. The number of benzene rings is 2. The van der Waals surface area contributed by atoms with Crippen molar-refractivity contribution in [3.63, 3.8) is 0 Å². The molecule has 0 atom stereocenters. The SMILES string of the molecule is Cc1ccc(C2=COc3cc(C)ccc3C2)cc1. The van der Waals surface area contributed by atoms with E-state index in [4.69, 9.17) is 4.74 Å². The average molecular weight is 236 g/mol. The van der Waals surface area contributed by atoms with Gasteiger partial charge in [0.05, 0.1) is 6.26 Å². The maximum Gasteiger partial charge on any atom is 0.130 e. The number of ether oxygens (including phenoxy) is 1. The Hall–Kier alpha value is -2.02. The van der Waals surface area contributed by atoms with Gasteiger partial charge < -0.3 is 4.74 Å². The molecule has 0 amide bonds. The van der Waals surface area contributed by atoms with E-state index in [1.165, 1.54) is 27.8 Å². The van der Waals surface area contributed by atoms with E-state index in [9.17, 15) is 0 Å². The molecule has 0 aliphatic carbocycles. The van der Waals surface area contributed by atoms with E-state index in [1.807, 2.05) is 6.26 Å². The summed E-state index contributed by atoms with van der Waals surface area (Å²) in [4.78, 5) is 0. The Morgan fingerprint density at radius 2 is 1.61 bits per heavy atom. The number of hydrogen-bond acceptors (Lipinski definition) is 1. The monoisotopic (exact) mass is 236 g/mol. The van der Waals surface area contributed by atoms with Crippen LogP contribution in [0.5, 0.6) is 5.75 Å². The van der Waals surface area contributed by atoms with Crippen molar-refractivity contribution < 1.29 is 4.74 Å². The third kappa shape index (κ3) is 2.04. The molecule has 0 spiro atoms. The van der Waals surface area contributed by atoms with Crippen LogP contribution in [0.15, 0.2) is 48.7 Å². The van der Waals surface area contributed by atoms with Crippen molar-refractivity contribution in [1.29, 1.82) is 0 Å². The molecule has 1 nitrogen and oxygen atoms in total. The van der Waals surface area contributed by atoms with Gasteiger partial charge in [-0.3, -0.25) is 0 Å². The van der Waals surface area contributed by atoms with Crippen LogP contribution in [0.3, 0.4) is 0 Å². The molecule has 0 saturated heterocycles. The fourth-order valence-corrected chi connectivity index (χ4v) is 2.24. The topological polar surface area (TPSA) is 9.23 Å². The molecule has 1 heteroatoms. The van der Waals surface area contributed by atoms with Gasteiger partial charge in [0.15, 0.2) is 0 Å². The fourth-order valence-electron chi connectivity index (χ4n) is 2.24. The summed E-state index contributed by atoms with van der Waals surface area (Å²) in [5.41, 5.74) is 6.27. The van der Waals surface area contributed by atoms with E-state index < -0.39 is 0 Å². The van der Waals surface area contributed by atoms with Crippen molar-refractivity contribution in [3.05, 3.63) is 71.0 Å². The number of fused-ring (bicyclic) bond motifs is 1. The molecule has 0 saturated carbocycles. The van der Waals surface area contributed by atoms with Crippen LogP contribution in [0, 0.1) is 13.8 Å². The molecule has 2 aromatic rings. The Bertz CT molecular complexity index is 606. The number of rotatable bonds is 1. The average Bonchev–Trinajstić information content (AvgIpc) is 2.39. The largest absolute Gasteiger partial charge is 0.464 e. The lowest BCUT2D eigenvalue weighted by molar-refractivity contribution is 0.468. The lowest BCUT2D eigenvalue weighted by Crippen LogP contribution is -2.02. The molecule has 90 valence electrons. The van der Waals surface area contributed by atoms with Crippen LogP contribution < -0.4 is 4.74 Å². The van der Waals surface area contributed by atoms with Crippen molar-refractivity contribution in [2.45, 2.75) is 20.3 Å². The maximum atomic E-state index is 5.74. The smallest absolute Gasteiger partial charge is 0.130 e. The van der Waals surface area contributed by atoms with Crippen LogP contribution in [0.25, 0.3) is 5.57 Å². The molecule has 18 heavy (non-hydrogen) atoms. The van der Waals surface area contributed by atoms with E-state index in [1.54, 1.807) is 0 Å². The third-order valence-corrected chi connectivity index (χ3v) is 3.35. The third-order valence-electron chi connectivity index (χ3n) is 3.35. The predicted molar refractivity (Wildman–Crippen MR) is 74.7 cm³/mol. The maximum absolute atomic E-state index is 5.74. The van der Waals surface area contributed by atoms with Gasteiger partial charge in [-0.2, -0.15) is 0 Å². The van der Waals surface area contributed by atoms with Gasteiger partial charge in [0.2, 0.25) is 0 Å². The molecular formula is C17H16O. The van der Waals surface area contributed by atoms with Crippen molar-refractivity contribution in [3.8, 4) is 5.75 Å². The summed E-state index contributed by atoms with van der Waals surface area (Å²) < 4.78 is 5.74. The lowest BCUT2D eigenvalue weighted by Gasteiger charge is -2.18. The highest BCUT2D eigenvalue weighted by molar-refractivity contribution is 5.70. The lowest BCUT2D eigenvalue weighted by atomic mass is 9.96. The first-order chi connectivity index (χ1) is 8.72. The van der Waals surface area contributed by atoms with E-state index >= 15 is 0 Å². The number of allylic oxidation sites excluding steroid dienone is 1. The van der Waals surface area contributed by atoms with Gasteiger partial charge in [-0.1, -0.05) is 42.0 Å². The first-order valence-electron chi connectivity index (χ1n) is 6.25. The van der Waals surface area contributed by atoms with E-state index in [0.717, 1.165) is 12.2 Å². The summed E-state index contributed by atoms with van der Waals surface area (Å²) in [6.45, 7) is 4.19. The summed E-state index contributed by atoms with van der Waals surface area (Å²) in [7, 11) is 0. The van der Waals surface area contributed by atoms with E-state index in [-0.39, 0.29) is 0 Å². The Morgan fingerprint density at radius 1 is 0.889 bits per heavy atom. The molecule has 0 radical (unpaired) electrons. The zero-order valence-electron chi connectivity index (χ0n) is 10.7. The van der Waals surface area contributed by atoms with Crippen molar-refractivity contribution in [1.82, 2.24) is 0 Å². The molecule has 1 heterocycles. The molecule has 0 N–H and O–H groups in total. The molecule has 1 aliphatic heterocycles. The normalized spacial score (nSPS) is 13.6. The van der Waals surface area contributed by atoms with Crippen LogP contribution in [0.2, 0.25) is 0 Å². The molecule has 0 unspecified atom stereocenters. The van der Waals surface area contributed by atoms with Gasteiger partial charge in [0.25, 0.3) is 0 Å². The van der Waals surface area contributed by atoms with E-state index in [2.05, 4.69) is 56.3 Å². The van der Waals surface area contributed by atoms with Gasteiger partial charge in [0, 0.05) is 6.42 Å². The molecule has 0 fully saturated rings. The Labute approximate surface area is 108 Å². The van der Waals surface area contributed by atoms with Crippen molar-refractivity contribution in [2.24, 2.45) is 0 Å². The minimum Gasteiger partial charge on any atom is -0.464 e. The van der Waals surface area contributed by atoms with Gasteiger partial charge in [-0.15, -0.1) is 0 Å². The van der Waals surface area contributed by atoms with Gasteiger partial charge in [-0.05, 0) is 42.2 Å². The van der Waals surface area contributed by atoms with Crippen LogP contribution >= 0.6 is 0 Å².